The summed E-state index contributed by atoms with van der Waals surface area (Å²) in [6.07, 6.45) is 11.7. The Balaban J connectivity index is 1.83. The Kier molecular flexibility index (Phi) is 4.07. The summed E-state index contributed by atoms with van der Waals surface area (Å²) < 4.78 is 0. The predicted molar refractivity (Wildman–Crippen MR) is 70.4 cm³/mol. The van der Waals surface area contributed by atoms with Gasteiger partial charge >= 0.3 is 0 Å². The summed E-state index contributed by atoms with van der Waals surface area (Å²) in [5.74, 6) is 2.69. The van der Waals surface area contributed by atoms with Crippen LogP contribution in [0.4, 0.5) is 0 Å². The van der Waals surface area contributed by atoms with Gasteiger partial charge < -0.3 is 5.32 Å². The third-order valence-electron chi connectivity index (χ3n) is 4.60. The number of allylic oxidation sites excluding steroid dienone is 2. The molecule has 0 aliphatic heterocycles. The van der Waals surface area contributed by atoms with Crippen LogP contribution in [0, 0.1) is 17.8 Å². The van der Waals surface area contributed by atoms with E-state index in [1.165, 1.54) is 32.1 Å². The van der Waals surface area contributed by atoms with E-state index in [2.05, 4.69) is 38.2 Å². The highest BCUT2D eigenvalue weighted by atomic mass is 15.0. The lowest BCUT2D eigenvalue weighted by molar-refractivity contribution is 0.289. The van der Waals surface area contributed by atoms with Crippen LogP contribution in [0.1, 0.15) is 52.9 Å². The minimum absolute atomic E-state index is 0.705. The third kappa shape index (κ3) is 2.51. The summed E-state index contributed by atoms with van der Waals surface area (Å²) in [6, 6.07) is 1.44. The molecule has 2 aliphatic rings. The Morgan fingerprint density at radius 2 is 2.06 bits per heavy atom. The number of hydrogen-bond acceptors (Lipinski definition) is 1. The fraction of sp³-hybridized carbons (Fsp3) is 0.867. The number of nitrogens with one attached hydrogen (secondary N) is 1. The van der Waals surface area contributed by atoms with Crippen LogP contribution in [0.5, 0.6) is 0 Å². The van der Waals surface area contributed by atoms with E-state index in [-0.39, 0.29) is 0 Å². The second kappa shape index (κ2) is 5.35. The van der Waals surface area contributed by atoms with E-state index in [0.29, 0.717) is 6.04 Å². The topological polar surface area (TPSA) is 12.0 Å². The Hall–Kier alpha value is -0.300. The first-order valence-electron chi connectivity index (χ1n) is 7.19. The van der Waals surface area contributed by atoms with Crippen molar-refractivity contribution >= 4 is 0 Å². The summed E-state index contributed by atoms with van der Waals surface area (Å²) in [5.41, 5.74) is 0. The van der Waals surface area contributed by atoms with Crippen LogP contribution in [-0.4, -0.2) is 12.1 Å². The first-order valence-corrected chi connectivity index (χ1v) is 7.19. The smallest absolute Gasteiger partial charge is 0.00754 e. The maximum atomic E-state index is 3.86. The van der Waals surface area contributed by atoms with Gasteiger partial charge in [0.25, 0.3) is 0 Å². The minimum Gasteiger partial charge on any atom is -0.311 e. The van der Waals surface area contributed by atoms with Gasteiger partial charge in [-0.15, -0.1) is 0 Å². The van der Waals surface area contributed by atoms with E-state index in [9.17, 15) is 0 Å². The van der Waals surface area contributed by atoms with Gasteiger partial charge in [-0.25, -0.2) is 0 Å². The van der Waals surface area contributed by atoms with Gasteiger partial charge in [0.2, 0.25) is 0 Å². The van der Waals surface area contributed by atoms with E-state index >= 15 is 0 Å². The van der Waals surface area contributed by atoms with Crippen LogP contribution < -0.4 is 5.32 Å². The van der Waals surface area contributed by atoms with Crippen molar-refractivity contribution in [1.82, 2.24) is 5.32 Å². The van der Waals surface area contributed by atoms with Gasteiger partial charge in [-0.3, -0.25) is 0 Å². The van der Waals surface area contributed by atoms with Gasteiger partial charge in [-0.05, 0) is 50.4 Å². The standard InChI is InChI=1S/C15H27N/c1-4-6-14(5-2)16-11(3)15-10-12-7-8-13(15)9-12/h7-8,11-16H,4-6,9-10H2,1-3H3. The Morgan fingerprint density at radius 3 is 2.56 bits per heavy atom. The van der Waals surface area contributed by atoms with Gasteiger partial charge in [0.05, 0.1) is 0 Å². The van der Waals surface area contributed by atoms with Crippen molar-refractivity contribution < 1.29 is 0 Å². The van der Waals surface area contributed by atoms with Crippen molar-refractivity contribution in [2.24, 2.45) is 17.8 Å². The lowest BCUT2D eigenvalue weighted by Crippen LogP contribution is -2.41. The number of hydrogen-bond donors (Lipinski definition) is 1. The third-order valence-corrected chi connectivity index (χ3v) is 4.60. The van der Waals surface area contributed by atoms with Crippen molar-refractivity contribution in [3.05, 3.63) is 12.2 Å². The molecule has 1 nitrogen and oxygen atoms in total. The fourth-order valence-corrected chi connectivity index (χ4v) is 3.65. The lowest BCUT2D eigenvalue weighted by atomic mass is 9.87. The number of fused-ring (bicyclic) bond motifs is 2. The summed E-state index contributed by atoms with van der Waals surface area (Å²) in [7, 11) is 0. The number of rotatable bonds is 6. The van der Waals surface area contributed by atoms with Crippen LogP contribution in [0.15, 0.2) is 12.2 Å². The average molecular weight is 221 g/mol. The molecule has 1 N–H and O–H groups in total. The molecule has 2 aliphatic carbocycles. The maximum absolute atomic E-state index is 3.86. The van der Waals surface area contributed by atoms with Crippen LogP contribution in [-0.2, 0) is 0 Å². The summed E-state index contributed by atoms with van der Waals surface area (Å²) in [5, 5.41) is 3.86. The van der Waals surface area contributed by atoms with Crippen molar-refractivity contribution in [3.63, 3.8) is 0 Å². The van der Waals surface area contributed by atoms with Crippen LogP contribution in [0.25, 0.3) is 0 Å². The Labute approximate surface area is 101 Å². The normalized spacial score (nSPS) is 35.6. The van der Waals surface area contributed by atoms with Crippen LogP contribution in [0.2, 0.25) is 0 Å². The molecule has 92 valence electrons. The molecule has 1 saturated carbocycles. The predicted octanol–water partition coefficient (Wildman–Crippen LogP) is 3.76. The van der Waals surface area contributed by atoms with E-state index in [1.807, 2.05) is 0 Å². The molecule has 0 saturated heterocycles. The van der Waals surface area contributed by atoms with E-state index < -0.39 is 0 Å². The molecule has 0 spiro atoms. The first kappa shape index (κ1) is 12.2. The second-order valence-electron chi connectivity index (χ2n) is 5.79. The Bertz CT molecular complexity index is 246. The zero-order valence-electron chi connectivity index (χ0n) is 11.1. The van der Waals surface area contributed by atoms with Crippen molar-refractivity contribution in [3.8, 4) is 0 Å². The lowest BCUT2D eigenvalue weighted by Gasteiger charge is -2.30. The first-order chi connectivity index (χ1) is 7.74. The molecule has 0 aromatic rings. The molecule has 2 bridgehead atoms. The molecular weight excluding hydrogens is 194 g/mol. The van der Waals surface area contributed by atoms with Crippen LogP contribution in [0.3, 0.4) is 0 Å². The van der Waals surface area contributed by atoms with Gasteiger partial charge in [-0.2, -0.15) is 0 Å². The van der Waals surface area contributed by atoms with Gasteiger partial charge in [0.1, 0.15) is 0 Å². The Morgan fingerprint density at radius 1 is 1.25 bits per heavy atom. The molecular formula is C15H27N. The zero-order valence-corrected chi connectivity index (χ0v) is 11.1. The summed E-state index contributed by atoms with van der Waals surface area (Å²) in [4.78, 5) is 0. The van der Waals surface area contributed by atoms with E-state index in [0.717, 1.165) is 23.8 Å². The van der Waals surface area contributed by atoms with Crippen molar-refractivity contribution in [2.45, 2.75) is 65.0 Å². The molecule has 0 aromatic heterocycles. The van der Waals surface area contributed by atoms with Gasteiger partial charge in [-0.1, -0.05) is 32.4 Å². The summed E-state index contributed by atoms with van der Waals surface area (Å²) in [6.45, 7) is 6.99. The molecule has 0 radical (unpaired) electrons. The van der Waals surface area contributed by atoms with Crippen molar-refractivity contribution in [2.75, 3.05) is 0 Å². The molecule has 0 amide bonds. The minimum atomic E-state index is 0.705. The van der Waals surface area contributed by atoms with E-state index in [1.54, 1.807) is 0 Å². The molecule has 0 heterocycles. The fourth-order valence-electron chi connectivity index (χ4n) is 3.65. The molecule has 0 aromatic carbocycles. The quantitative estimate of drug-likeness (QED) is 0.673. The highest BCUT2D eigenvalue weighted by Crippen LogP contribution is 2.44. The molecule has 2 rings (SSSR count). The largest absolute Gasteiger partial charge is 0.311 e. The van der Waals surface area contributed by atoms with Crippen molar-refractivity contribution in [1.29, 1.82) is 0 Å². The van der Waals surface area contributed by atoms with Gasteiger partial charge in [0, 0.05) is 12.1 Å². The molecule has 16 heavy (non-hydrogen) atoms. The summed E-state index contributed by atoms with van der Waals surface area (Å²) >= 11 is 0. The molecule has 5 unspecified atom stereocenters. The average Bonchev–Trinajstić information content (AvgIpc) is 2.89. The second-order valence-corrected chi connectivity index (χ2v) is 5.79. The van der Waals surface area contributed by atoms with Gasteiger partial charge in [0.15, 0.2) is 0 Å². The molecule has 1 fully saturated rings. The monoisotopic (exact) mass is 221 g/mol. The van der Waals surface area contributed by atoms with Crippen LogP contribution >= 0.6 is 0 Å². The maximum Gasteiger partial charge on any atom is 0.00754 e. The highest BCUT2D eigenvalue weighted by molar-refractivity contribution is 5.11. The molecule has 1 heteroatoms. The SMILES string of the molecule is CCCC(CC)NC(C)C1CC2C=CC1C2. The van der Waals surface area contributed by atoms with E-state index in [4.69, 9.17) is 0 Å². The zero-order chi connectivity index (χ0) is 11.5. The highest BCUT2D eigenvalue weighted by Gasteiger charge is 2.38. The molecule has 5 atom stereocenters.